The first kappa shape index (κ1) is 19.5. The Balaban J connectivity index is 1.54. The minimum absolute atomic E-state index is 0.0370. The van der Waals surface area contributed by atoms with Crippen LogP contribution in [0.15, 0.2) is 48.5 Å². The first-order chi connectivity index (χ1) is 13.0. The molecule has 5 nitrogen and oxygen atoms in total. The quantitative estimate of drug-likeness (QED) is 0.836. The zero-order valence-electron chi connectivity index (χ0n) is 14.8. The Hall–Kier alpha value is -2.24. The van der Waals surface area contributed by atoms with Gasteiger partial charge >= 0.3 is 6.03 Å². The van der Waals surface area contributed by atoms with Crippen molar-refractivity contribution in [2.45, 2.75) is 13.0 Å². The molecule has 1 aliphatic heterocycles. The van der Waals surface area contributed by atoms with Crippen molar-refractivity contribution < 1.29 is 9.59 Å². The molecule has 3 rings (SSSR count). The Kier molecular flexibility index (Phi) is 6.58. The second-order valence-corrected chi connectivity index (χ2v) is 7.23. The van der Waals surface area contributed by atoms with Crippen molar-refractivity contribution in [2.24, 2.45) is 0 Å². The monoisotopic (exact) mass is 405 g/mol. The minimum Gasteiger partial charge on any atom is -0.337 e. The molecule has 142 valence electrons. The Morgan fingerprint density at radius 1 is 0.889 bits per heavy atom. The third-order valence-corrected chi connectivity index (χ3v) is 5.17. The number of urea groups is 1. The van der Waals surface area contributed by atoms with E-state index in [0.717, 1.165) is 12.0 Å². The van der Waals surface area contributed by atoms with Crippen LogP contribution in [-0.4, -0.2) is 47.9 Å². The van der Waals surface area contributed by atoms with Gasteiger partial charge in [0.15, 0.2) is 0 Å². The largest absolute Gasteiger partial charge is 0.337 e. The first-order valence-electron chi connectivity index (χ1n) is 8.85. The Bertz CT molecular complexity index is 811. The summed E-state index contributed by atoms with van der Waals surface area (Å²) in [6, 6.07) is 14.2. The highest BCUT2D eigenvalue weighted by molar-refractivity contribution is 6.31. The van der Waals surface area contributed by atoms with Crippen LogP contribution in [0.1, 0.15) is 22.3 Å². The Labute approximate surface area is 168 Å². The maximum absolute atomic E-state index is 12.6. The molecular weight excluding hydrogens is 385 g/mol. The third kappa shape index (κ3) is 5.15. The van der Waals surface area contributed by atoms with E-state index in [2.05, 4.69) is 5.32 Å². The van der Waals surface area contributed by atoms with Crippen molar-refractivity contribution in [1.29, 1.82) is 0 Å². The zero-order chi connectivity index (χ0) is 19.2. The summed E-state index contributed by atoms with van der Waals surface area (Å²) in [5.41, 5.74) is 1.48. The second kappa shape index (κ2) is 9.11. The minimum atomic E-state index is -0.143. The number of halogens is 2. The predicted octanol–water partition coefficient (Wildman–Crippen LogP) is 4.05. The lowest BCUT2D eigenvalue weighted by molar-refractivity contribution is 0.0762. The molecular formula is C20H21Cl2N3O2. The van der Waals surface area contributed by atoms with E-state index < -0.39 is 0 Å². The van der Waals surface area contributed by atoms with Gasteiger partial charge in [-0.1, -0.05) is 41.4 Å². The molecule has 0 saturated carbocycles. The van der Waals surface area contributed by atoms with Gasteiger partial charge in [0.05, 0.1) is 0 Å². The van der Waals surface area contributed by atoms with Crippen molar-refractivity contribution in [3.05, 3.63) is 69.7 Å². The van der Waals surface area contributed by atoms with Crippen LogP contribution in [0, 0.1) is 0 Å². The average molecular weight is 406 g/mol. The number of hydrogen-bond acceptors (Lipinski definition) is 2. The summed E-state index contributed by atoms with van der Waals surface area (Å²) >= 11 is 12.0. The van der Waals surface area contributed by atoms with E-state index >= 15 is 0 Å². The smallest absolute Gasteiger partial charge is 0.317 e. The molecule has 2 aromatic rings. The van der Waals surface area contributed by atoms with Crippen molar-refractivity contribution >= 4 is 35.1 Å². The van der Waals surface area contributed by atoms with Crippen LogP contribution in [-0.2, 0) is 6.54 Å². The van der Waals surface area contributed by atoms with E-state index in [4.69, 9.17) is 23.2 Å². The molecule has 3 amide bonds. The number of rotatable bonds is 3. The summed E-state index contributed by atoms with van der Waals surface area (Å²) in [6.07, 6.45) is 0.735. The molecule has 7 heteroatoms. The SMILES string of the molecule is O=C(NCc1ccccc1Cl)N1CCCN(C(=O)c2ccc(Cl)cc2)CC1. The fourth-order valence-corrected chi connectivity index (χ4v) is 3.35. The summed E-state index contributed by atoms with van der Waals surface area (Å²) in [4.78, 5) is 28.6. The van der Waals surface area contributed by atoms with Crippen molar-refractivity contribution in [1.82, 2.24) is 15.1 Å². The van der Waals surface area contributed by atoms with Crippen LogP contribution >= 0.6 is 23.2 Å². The van der Waals surface area contributed by atoms with Crippen molar-refractivity contribution in [3.63, 3.8) is 0 Å². The van der Waals surface area contributed by atoms with E-state index in [1.165, 1.54) is 0 Å². The summed E-state index contributed by atoms with van der Waals surface area (Å²) in [5.74, 6) is -0.0370. The van der Waals surface area contributed by atoms with Crippen LogP contribution < -0.4 is 5.32 Å². The molecule has 0 unspecified atom stereocenters. The molecule has 0 bridgehead atoms. The van der Waals surface area contributed by atoms with Crippen LogP contribution in [0.2, 0.25) is 10.0 Å². The average Bonchev–Trinajstić information content (AvgIpc) is 2.93. The zero-order valence-corrected chi connectivity index (χ0v) is 16.3. The van der Waals surface area contributed by atoms with Crippen molar-refractivity contribution in [2.75, 3.05) is 26.2 Å². The highest BCUT2D eigenvalue weighted by Gasteiger charge is 2.22. The first-order valence-corrected chi connectivity index (χ1v) is 9.61. The fourth-order valence-electron chi connectivity index (χ4n) is 3.02. The Morgan fingerprint density at radius 3 is 2.30 bits per heavy atom. The number of carbonyl (C=O) groups is 2. The van der Waals surface area contributed by atoms with Crippen LogP contribution in [0.4, 0.5) is 4.79 Å². The van der Waals surface area contributed by atoms with Gasteiger partial charge in [0.2, 0.25) is 0 Å². The van der Waals surface area contributed by atoms with E-state index in [1.807, 2.05) is 18.2 Å². The predicted molar refractivity (Wildman–Crippen MR) is 107 cm³/mol. The molecule has 27 heavy (non-hydrogen) atoms. The van der Waals surface area contributed by atoms with Gasteiger partial charge in [0, 0.05) is 48.3 Å². The normalized spacial score (nSPS) is 14.6. The van der Waals surface area contributed by atoms with E-state index in [1.54, 1.807) is 40.1 Å². The summed E-state index contributed by atoms with van der Waals surface area (Å²) in [7, 11) is 0. The molecule has 0 spiro atoms. The van der Waals surface area contributed by atoms with Gasteiger partial charge in [-0.3, -0.25) is 4.79 Å². The summed E-state index contributed by atoms with van der Waals surface area (Å²) in [5, 5.41) is 4.14. The van der Waals surface area contributed by atoms with E-state index in [0.29, 0.717) is 48.3 Å². The molecule has 1 N–H and O–H groups in total. The van der Waals surface area contributed by atoms with Gasteiger partial charge in [0.25, 0.3) is 5.91 Å². The number of carbonyl (C=O) groups excluding carboxylic acids is 2. The highest BCUT2D eigenvalue weighted by Crippen LogP contribution is 2.15. The molecule has 0 aromatic heterocycles. The van der Waals surface area contributed by atoms with Gasteiger partial charge < -0.3 is 15.1 Å². The molecule has 1 aliphatic rings. The third-order valence-electron chi connectivity index (χ3n) is 4.55. The number of benzene rings is 2. The topological polar surface area (TPSA) is 52.7 Å². The maximum atomic E-state index is 12.6. The van der Waals surface area contributed by atoms with E-state index in [9.17, 15) is 9.59 Å². The number of hydrogen-bond donors (Lipinski definition) is 1. The maximum Gasteiger partial charge on any atom is 0.317 e. The van der Waals surface area contributed by atoms with Gasteiger partial charge in [-0.05, 0) is 42.3 Å². The number of nitrogens with zero attached hydrogens (tertiary/aromatic N) is 2. The van der Waals surface area contributed by atoms with Crippen molar-refractivity contribution in [3.8, 4) is 0 Å². The summed E-state index contributed by atoms with van der Waals surface area (Å²) in [6.45, 7) is 2.60. The van der Waals surface area contributed by atoms with E-state index in [-0.39, 0.29) is 11.9 Å². The lowest BCUT2D eigenvalue weighted by atomic mass is 10.2. The van der Waals surface area contributed by atoms with Gasteiger partial charge in [-0.2, -0.15) is 0 Å². The molecule has 1 saturated heterocycles. The fraction of sp³-hybridized carbons (Fsp3) is 0.300. The van der Waals surface area contributed by atoms with Gasteiger partial charge in [0.1, 0.15) is 0 Å². The summed E-state index contributed by atoms with van der Waals surface area (Å²) < 4.78 is 0. The molecule has 1 heterocycles. The molecule has 0 atom stereocenters. The molecule has 0 aliphatic carbocycles. The van der Waals surface area contributed by atoms with Gasteiger partial charge in [-0.25, -0.2) is 4.79 Å². The number of nitrogens with one attached hydrogen (secondary N) is 1. The molecule has 2 aromatic carbocycles. The molecule has 1 fully saturated rings. The van der Waals surface area contributed by atoms with Crippen LogP contribution in [0.3, 0.4) is 0 Å². The standard InChI is InChI=1S/C20H21Cl2N3O2/c21-17-8-6-15(7-9-17)19(26)24-10-3-11-25(13-12-24)20(27)23-14-16-4-1-2-5-18(16)22/h1-2,4-9H,3,10-14H2,(H,23,27). The lowest BCUT2D eigenvalue weighted by Gasteiger charge is -2.22. The lowest BCUT2D eigenvalue weighted by Crippen LogP contribution is -2.42. The van der Waals surface area contributed by atoms with Gasteiger partial charge in [-0.15, -0.1) is 0 Å². The number of amides is 3. The van der Waals surface area contributed by atoms with Crippen LogP contribution in [0.5, 0.6) is 0 Å². The second-order valence-electron chi connectivity index (χ2n) is 6.39. The van der Waals surface area contributed by atoms with Crippen LogP contribution in [0.25, 0.3) is 0 Å². The highest BCUT2D eigenvalue weighted by atomic mass is 35.5. The molecule has 0 radical (unpaired) electrons. The Morgan fingerprint density at radius 2 is 1.56 bits per heavy atom.